The van der Waals surface area contributed by atoms with Gasteiger partial charge in [-0.3, -0.25) is 9.59 Å². The average Bonchev–Trinajstić information content (AvgIpc) is 3.22. The first-order valence-corrected chi connectivity index (χ1v) is 8.43. The summed E-state index contributed by atoms with van der Waals surface area (Å²) < 4.78 is 6.97. The molecule has 0 unspecified atom stereocenters. The number of benzene rings is 2. The highest BCUT2D eigenvalue weighted by molar-refractivity contribution is 5.99. The van der Waals surface area contributed by atoms with Crippen LogP contribution in [0.25, 0.3) is 5.69 Å². The first-order valence-electron chi connectivity index (χ1n) is 8.43. The molecule has 8 nitrogen and oxygen atoms in total. The molecule has 27 heavy (non-hydrogen) atoms. The molecule has 0 bridgehead atoms. The van der Waals surface area contributed by atoms with Crippen molar-refractivity contribution < 1.29 is 14.3 Å². The van der Waals surface area contributed by atoms with Crippen LogP contribution in [-0.4, -0.2) is 33.2 Å². The van der Waals surface area contributed by atoms with E-state index in [2.05, 4.69) is 20.7 Å². The molecule has 1 atom stereocenters. The maximum Gasteiger partial charge on any atom is 0.262 e. The summed E-state index contributed by atoms with van der Waals surface area (Å²) >= 11 is 0. The molecule has 8 heteroatoms. The summed E-state index contributed by atoms with van der Waals surface area (Å²) in [4.78, 5) is 27.9. The van der Waals surface area contributed by atoms with Gasteiger partial charge in [0.05, 0.1) is 17.4 Å². The van der Waals surface area contributed by atoms with Crippen LogP contribution in [0, 0.1) is 0 Å². The summed E-state index contributed by atoms with van der Waals surface area (Å²) in [6, 6.07) is 12.5. The predicted molar refractivity (Wildman–Crippen MR) is 97.8 cm³/mol. The van der Waals surface area contributed by atoms with Gasteiger partial charge >= 0.3 is 0 Å². The van der Waals surface area contributed by atoms with E-state index in [1.54, 1.807) is 29.2 Å². The number of amides is 2. The zero-order valence-corrected chi connectivity index (χ0v) is 14.5. The van der Waals surface area contributed by atoms with E-state index in [0.29, 0.717) is 17.0 Å². The quantitative estimate of drug-likeness (QED) is 0.740. The van der Waals surface area contributed by atoms with Gasteiger partial charge in [-0.05, 0) is 42.8 Å². The monoisotopic (exact) mass is 363 g/mol. The van der Waals surface area contributed by atoms with Gasteiger partial charge in [-0.25, -0.2) is 9.67 Å². The second-order valence-electron chi connectivity index (χ2n) is 6.17. The first kappa shape index (κ1) is 16.8. The van der Waals surface area contributed by atoms with Crippen molar-refractivity contribution in [3.8, 4) is 11.4 Å². The van der Waals surface area contributed by atoms with E-state index in [4.69, 9.17) is 4.74 Å². The van der Waals surface area contributed by atoms with Gasteiger partial charge in [-0.15, -0.1) is 0 Å². The van der Waals surface area contributed by atoms with E-state index in [1.165, 1.54) is 6.33 Å². The Hall–Kier alpha value is -3.68. The summed E-state index contributed by atoms with van der Waals surface area (Å²) in [7, 11) is 0. The predicted octanol–water partition coefficient (Wildman–Crippen LogP) is 2.09. The lowest BCUT2D eigenvalue weighted by Gasteiger charge is -2.19. The van der Waals surface area contributed by atoms with E-state index < -0.39 is 0 Å². The maximum absolute atomic E-state index is 12.6. The van der Waals surface area contributed by atoms with Crippen molar-refractivity contribution in [2.24, 2.45) is 0 Å². The van der Waals surface area contributed by atoms with Crippen molar-refractivity contribution in [3.05, 3.63) is 66.2 Å². The molecule has 1 aromatic heterocycles. The summed E-state index contributed by atoms with van der Waals surface area (Å²) in [6.07, 6.45) is 3.10. The maximum atomic E-state index is 12.6. The topological polar surface area (TPSA) is 98.1 Å². The number of carbonyl (C=O) groups is 2. The van der Waals surface area contributed by atoms with Crippen LogP contribution in [0.3, 0.4) is 0 Å². The van der Waals surface area contributed by atoms with Crippen LogP contribution in [-0.2, 0) is 4.79 Å². The molecule has 136 valence electrons. The van der Waals surface area contributed by atoms with Gasteiger partial charge in [-0.1, -0.05) is 12.1 Å². The summed E-state index contributed by atoms with van der Waals surface area (Å²) in [5.41, 5.74) is 2.80. The third-order valence-corrected chi connectivity index (χ3v) is 4.30. The standard InChI is InChI=1S/C19H17N5O3/c1-12(13-2-5-15(6-3-13)24-11-20-10-21-24)22-19(26)14-4-7-17-16(8-14)23-18(25)9-27-17/h2-8,10-12H,9H2,1H3,(H,22,26)(H,23,25)/t12-/m0/s1. The molecule has 2 heterocycles. The Labute approximate surface area is 155 Å². The number of anilines is 1. The van der Waals surface area contributed by atoms with E-state index >= 15 is 0 Å². The number of hydrogen-bond donors (Lipinski definition) is 2. The number of nitrogens with zero attached hydrogens (tertiary/aromatic N) is 3. The van der Waals surface area contributed by atoms with Crippen LogP contribution in [0.15, 0.2) is 55.1 Å². The van der Waals surface area contributed by atoms with Crippen LogP contribution >= 0.6 is 0 Å². The van der Waals surface area contributed by atoms with Gasteiger partial charge in [0, 0.05) is 5.56 Å². The second kappa shape index (κ2) is 6.91. The third-order valence-electron chi connectivity index (χ3n) is 4.30. The van der Waals surface area contributed by atoms with Gasteiger partial charge in [0.15, 0.2) is 6.61 Å². The molecule has 1 aliphatic heterocycles. The van der Waals surface area contributed by atoms with Crippen LogP contribution in [0.4, 0.5) is 5.69 Å². The lowest BCUT2D eigenvalue weighted by molar-refractivity contribution is -0.118. The number of fused-ring (bicyclic) bond motifs is 1. The van der Waals surface area contributed by atoms with Crippen LogP contribution in [0.2, 0.25) is 0 Å². The molecular formula is C19H17N5O3. The Kier molecular flexibility index (Phi) is 4.29. The Morgan fingerprint density at radius 2 is 2.07 bits per heavy atom. The van der Waals surface area contributed by atoms with E-state index in [1.807, 2.05) is 31.2 Å². The number of ether oxygens (including phenoxy) is 1. The fourth-order valence-electron chi connectivity index (χ4n) is 2.84. The summed E-state index contributed by atoms with van der Waals surface area (Å²) in [5.74, 6) is 0.0919. The largest absolute Gasteiger partial charge is 0.482 e. The molecule has 0 spiro atoms. The minimum atomic E-state index is -0.235. The van der Waals surface area contributed by atoms with E-state index in [-0.39, 0.29) is 24.5 Å². The molecular weight excluding hydrogens is 346 g/mol. The van der Waals surface area contributed by atoms with Crippen molar-refractivity contribution in [2.75, 3.05) is 11.9 Å². The smallest absolute Gasteiger partial charge is 0.262 e. The molecule has 4 rings (SSSR count). The van der Waals surface area contributed by atoms with E-state index in [9.17, 15) is 9.59 Å². The van der Waals surface area contributed by atoms with Crippen LogP contribution in [0.5, 0.6) is 5.75 Å². The Morgan fingerprint density at radius 3 is 2.81 bits per heavy atom. The lowest BCUT2D eigenvalue weighted by Crippen LogP contribution is -2.28. The van der Waals surface area contributed by atoms with E-state index in [0.717, 1.165) is 11.3 Å². The molecule has 0 saturated carbocycles. The number of nitrogens with one attached hydrogen (secondary N) is 2. The number of hydrogen-bond acceptors (Lipinski definition) is 5. The minimum Gasteiger partial charge on any atom is -0.482 e. The Bertz CT molecular complexity index is 983. The zero-order valence-electron chi connectivity index (χ0n) is 14.5. The van der Waals surface area contributed by atoms with Gasteiger partial charge in [0.1, 0.15) is 18.4 Å². The van der Waals surface area contributed by atoms with Crippen molar-refractivity contribution >= 4 is 17.5 Å². The number of carbonyl (C=O) groups excluding carboxylic acids is 2. The fraction of sp³-hybridized carbons (Fsp3) is 0.158. The third kappa shape index (κ3) is 3.50. The molecule has 2 amide bonds. The Morgan fingerprint density at radius 1 is 1.26 bits per heavy atom. The lowest BCUT2D eigenvalue weighted by atomic mass is 10.1. The van der Waals surface area contributed by atoms with Gasteiger partial charge in [0.2, 0.25) is 0 Å². The molecule has 1 aliphatic rings. The highest BCUT2D eigenvalue weighted by Crippen LogP contribution is 2.28. The molecule has 3 aromatic rings. The number of rotatable bonds is 4. The van der Waals surface area contributed by atoms with Gasteiger partial charge in [-0.2, -0.15) is 5.10 Å². The van der Waals surface area contributed by atoms with Crippen molar-refractivity contribution in [1.29, 1.82) is 0 Å². The highest BCUT2D eigenvalue weighted by Gasteiger charge is 2.19. The van der Waals surface area contributed by atoms with Crippen molar-refractivity contribution in [1.82, 2.24) is 20.1 Å². The van der Waals surface area contributed by atoms with Crippen molar-refractivity contribution in [2.45, 2.75) is 13.0 Å². The minimum absolute atomic E-state index is 0.0137. The fourth-order valence-corrected chi connectivity index (χ4v) is 2.84. The summed E-state index contributed by atoms with van der Waals surface area (Å²) in [5, 5.41) is 9.75. The molecule has 2 N–H and O–H groups in total. The normalized spacial score (nSPS) is 13.9. The summed E-state index contributed by atoms with van der Waals surface area (Å²) in [6.45, 7) is 1.89. The van der Waals surface area contributed by atoms with Gasteiger partial charge < -0.3 is 15.4 Å². The highest BCUT2D eigenvalue weighted by atomic mass is 16.5. The van der Waals surface area contributed by atoms with Crippen molar-refractivity contribution in [3.63, 3.8) is 0 Å². The second-order valence-corrected chi connectivity index (χ2v) is 6.17. The molecule has 0 saturated heterocycles. The SMILES string of the molecule is C[C@H](NC(=O)c1ccc2c(c1)NC(=O)CO2)c1ccc(-n2cncn2)cc1. The molecule has 0 aliphatic carbocycles. The Balaban J connectivity index is 1.46. The van der Waals surface area contributed by atoms with Crippen LogP contribution < -0.4 is 15.4 Å². The molecule has 0 radical (unpaired) electrons. The average molecular weight is 363 g/mol. The molecule has 0 fully saturated rings. The number of aromatic nitrogens is 3. The van der Waals surface area contributed by atoms with Gasteiger partial charge in [0.25, 0.3) is 11.8 Å². The molecule has 2 aromatic carbocycles. The first-order chi connectivity index (χ1) is 13.1. The zero-order chi connectivity index (χ0) is 18.8. The van der Waals surface area contributed by atoms with Crippen LogP contribution in [0.1, 0.15) is 28.9 Å².